The van der Waals surface area contributed by atoms with E-state index < -0.39 is 0 Å². The Hall–Kier alpha value is -2.62. The van der Waals surface area contributed by atoms with Gasteiger partial charge in [-0.15, -0.1) is 11.3 Å². The molecule has 3 aromatic heterocycles. The summed E-state index contributed by atoms with van der Waals surface area (Å²) in [5.41, 5.74) is 7.16. The van der Waals surface area contributed by atoms with E-state index >= 15 is 0 Å². The maximum atomic E-state index is 12.2. The Morgan fingerprint density at radius 2 is 2.19 bits per heavy atom. The molecule has 0 aliphatic carbocycles. The predicted octanol–water partition coefficient (Wildman–Crippen LogP) is 1.81. The van der Waals surface area contributed by atoms with Crippen LogP contribution in [0.2, 0.25) is 0 Å². The minimum atomic E-state index is -0.0929. The van der Waals surface area contributed by atoms with Crippen molar-refractivity contribution in [1.29, 1.82) is 0 Å². The topological polar surface area (TPSA) is 105 Å². The molecule has 134 valence electrons. The molecule has 0 bridgehead atoms. The number of carbonyl (C=O) groups is 1. The Labute approximate surface area is 154 Å². The highest BCUT2D eigenvalue weighted by molar-refractivity contribution is 7.10. The van der Waals surface area contributed by atoms with Crippen LogP contribution in [0.25, 0.3) is 11.4 Å². The van der Waals surface area contributed by atoms with Crippen LogP contribution in [0.4, 0.5) is 0 Å². The lowest BCUT2D eigenvalue weighted by molar-refractivity contribution is -0.122. The van der Waals surface area contributed by atoms with Gasteiger partial charge in [-0.1, -0.05) is 11.2 Å². The summed E-state index contributed by atoms with van der Waals surface area (Å²) in [6.45, 7) is 0. The van der Waals surface area contributed by atoms with Gasteiger partial charge in [-0.2, -0.15) is 4.98 Å². The van der Waals surface area contributed by atoms with Gasteiger partial charge >= 0.3 is 0 Å². The lowest BCUT2D eigenvalue weighted by atomic mass is 10.1. The van der Waals surface area contributed by atoms with Crippen LogP contribution >= 0.6 is 11.3 Å². The van der Waals surface area contributed by atoms with Crippen molar-refractivity contribution in [3.8, 4) is 11.4 Å². The largest absolute Gasteiger partial charge is 0.339 e. The number of aryl methyl sites for hydroxylation is 1. The average molecular weight is 370 g/mol. The zero-order valence-corrected chi connectivity index (χ0v) is 14.7. The van der Waals surface area contributed by atoms with Gasteiger partial charge in [0, 0.05) is 42.1 Å². The van der Waals surface area contributed by atoms with Crippen LogP contribution in [-0.2, 0) is 11.2 Å². The lowest BCUT2D eigenvalue weighted by Gasteiger charge is -2.11. The van der Waals surface area contributed by atoms with Crippen LogP contribution in [0.15, 0.2) is 46.6 Å². The molecule has 2 unspecified atom stereocenters. The number of aromatic nitrogens is 3. The maximum absolute atomic E-state index is 12.2. The smallest absolute Gasteiger partial charge is 0.227 e. The van der Waals surface area contributed by atoms with E-state index in [0.29, 0.717) is 24.6 Å². The standard InChI is InChI=1S/C17H18N6O2S/c24-15(19-14-10-12(21-22-14)13-2-1-9-26-13)3-4-16-20-17(23-25-16)11-5-7-18-8-6-11/h1-2,5-9,12,14,21-22H,3-4,10H2,(H,19,24). The molecule has 4 rings (SSSR count). The molecule has 0 radical (unpaired) electrons. The van der Waals surface area contributed by atoms with E-state index in [1.807, 2.05) is 23.6 Å². The van der Waals surface area contributed by atoms with E-state index in [-0.39, 0.29) is 18.1 Å². The van der Waals surface area contributed by atoms with Crippen LogP contribution in [-0.4, -0.2) is 27.2 Å². The summed E-state index contributed by atoms with van der Waals surface area (Å²) in [6, 6.07) is 7.95. The van der Waals surface area contributed by atoms with Crippen molar-refractivity contribution < 1.29 is 9.32 Å². The Morgan fingerprint density at radius 1 is 1.31 bits per heavy atom. The molecule has 3 aromatic rings. The van der Waals surface area contributed by atoms with E-state index in [1.165, 1.54) is 4.88 Å². The molecule has 0 saturated carbocycles. The molecule has 1 amide bonds. The summed E-state index contributed by atoms with van der Waals surface area (Å²) in [4.78, 5) is 21.7. The van der Waals surface area contributed by atoms with E-state index in [1.54, 1.807) is 23.7 Å². The zero-order chi connectivity index (χ0) is 17.8. The molecule has 1 aliphatic rings. The van der Waals surface area contributed by atoms with E-state index in [9.17, 15) is 4.79 Å². The molecule has 4 heterocycles. The normalized spacial score (nSPS) is 19.5. The molecule has 0 aromatic carbocycles. The van der Waals surface area contributed by atoms with Gasteiger partial charge in [0.1, 0.15) is 0 Å². The van der Waals surface area contributed by atoms with E-state index in [2.05, 4.69) is 37.4 Å². The number of thiophene rings is 1. The van der Waals surface area contributed by atoms with Crippen molar-refractivity contribution in [2.75, 3.05) is 0 Å². The molecule has 2 atom stereocenters. The maximum Gasteiger partial charge on any atom is 0.227 e. The third-order valence-electron chi connectivity index (χ3n) is 4.10. The molecular formula is C17H18N6O2S. The van der Waals surface area contributed by atoms with Crippen LogP contribution in [0.1, 0.15) is 29.7 Å². The minimum Gasteiger partial charge on any atom is -0.339 e. The van der Waals surface area contributed by atoms with Gasteiger partial charge in [0.2, 0.25) is 17.6 Å². The fourth-order valence-electron chi connectivity index (χ4n) is 2.79. The third-order valence-corrected chi connectivity index (χ3v) is 5.08. The van der Waals surface area contributed by atoms with Gasteiger partial charge in [0.15, 0.2) is 0 Å². The molecular weight excluding hydrogens is 352 g/mol. The number of rotatable bonds is 6. The zero-order valence-electron chi connectivity index (χ0n) is 13.9. The second-order valence-corrected chi connectivity index (χ2v) is 6.94. The monoisotopic (exact) mass is 370 g/mol. The Bertz CT molecular complexity index is 851. The fourth-order valence-corrected chi connectivity index (χ4v) is 3.58. The summed E-state index contributed by atoms with van der Waals surface area (Å²) in [7, 11) is 0. The second-order valence-electron chi connectivity index (χ2n) is 5.96. The van der Waals surface area contributed by atoms with Crippen LogP contribution in [0.5, 0.6) is 0 Å². The van der Waals surface area contributed by atoms with Crippen molar-refractivity contribution in [3.05, 3.63) is 52.8 Å². The highest BCUT2D eigenvalue weighted by Crippen LogP contribution is 2.25. The van der Waals surface area contributed by atoms with Crippen LogP contribution < -0.4 is 16.2 Å². The fraction of sp³-hybridized carbons (Fsp3) is 0.294. The average Bonchev–Trinajstić information content (AvgIpc) is 3.41. The van der Waals surface area contributed by atoms with Crippen molar-refractivity contribution >= 4 is 17.2 Å². The third kappa shape index (κ3) is 3.96. The van der Waals surface area contributed by atoms with Crippen LogP contribution in [0, 0.1) is 0 Å². The summed E-state index contributed by atoms with van der Waals surface area (Å²) >= 11 is 1.70. The second kappa shape index (κ2) is 7.73. The molecule has 26 heavy (non-hydrogen) atoms. The first-order valence-corrected chi connectivity index (χ1v) is 9.23. The number of amides is 1. The van der Waals surface area contributed by atoms with E-state index in [0.717, 1.165) is 12.0 Å². The van der Waals surface area contributed by atoms with Crippen molar-refractivity contribution in [1.82, 2.24) is 31.3 Å². The van der Waals surface area contributed by atoms with Gasteiger partial charge in [0.05, 0.1) is 12.2 Å². The van der Waals surface area contributed by atoms with Gasteiger partial charge in [-0.05, 0) is 23.6 Å². The van der Waals surface area contributed by atoms with Crippen molar-refractivity contribution in [2.45, 2.75) is 31.5 Å². The Kier molecular flexibility index (Phi) is 5.00. The predicted molar refractivity (Wildman–Crippen MR) is 95.7 cm³/mol. The summed E-state index contributed by atoms with van der Waals surface area (Å²) in [5.74, 6) is 0.893. The summed E-state index contributed by atoms with van der Waals surface area (Å²) < 4.78 is 5.22. The quantitative estimate of drug-likeness (QED) is 0.608. The highest BCUT2D eigenvalue weighted by Gasteiger charge is 2.26. The lowest BCUT2D eigenvalue weighted by Crippen LogP contribution is -2.44. The summed E-state index contributed by atoms with van der Waals surface area (Å²) in [5, 5.41) is 8.96. The van der Waals surface area contributed by atoms with Crippen LogP contribution in [0.3, 0.4) is 0 Å². The number of hydrazine groups is 1. The number of nitrogens with zero attached hydrogens (tertiary/aromatic N) is 3. The van der Waals surface area contributed by atoms with Crippen molar-refractivity contribution in [2.24, 2.45) is 0 Å². The molecule has 8 nitrogen and oxygen atoms in total. The molecule has 1 aliphatic heterocycles. The highest BCUT2D eigenvalue weighted by atomic mass is 32.1. The Morgan fingerprint density at radius 3 is 3.00 bits per heavy atom. The summed E-state index contributed by atoms with van der Waals surface area (Å²) in [6.07, 6.45) is 4.75. The first-order chi connectivity index (χ1) is 12.8. The number of hydrogen-bond acceptors (Lipinski definition) is 8. The molecule has 9 heteroatoms. The number of hydrogen-bond donors (Lipinski definition) is 3. The molecule has 0 spiro atoms. The minimum absolute atomic E-state index is 0.0557. The Balaban J connectivity index is 1.25. The number of nitrogens with one attached hydrogen (secondary N) is 3. The van der Waals surface area contributed by atoms with Gasteiger partial charge < -0.3 is 9.84 Å². The number of pyridine rings is 1. The van der Waals surface area contributed by atoms with Crippen molar-refractivity contribution in [3.63, 3.8) is 0 Å². The van der Waals surface area contributed by atoms with Gasteiger partial charge in [0.25, 0.3) is 0 Å². The van der Waals surface area contributed by atoms with Gasteiger partial charge in [-0.3, -0.25) is 9.78 Å². The number of carbonyl (C=O) groups excluding carboxylic acids is 1. The van der Waals surface area contributed by atoms with Gasteiger partial charge in [-0.25, -0.2) is 10.9 Å². The molecule has 3 N–H and O–H groups in total. The first-order valence-electron chi connectivity index (χ1n) is 8.35. The first kappa shape index (κ1) is 16.8. The SMILES string of the molecule is O=C(CCc1nc(-c2ccncc2)no1)NC1CC(c2cccs2)NN1. The molecule has 1 saturated heterocycles. The van der Waals surface area contributed by atoms with E-state index in [4.69, 9.17) is 4.52 Å². The molecule has 1 fully saturated rings.